The minimum absolute atomic E-state index is 0.0564. The molecule has 2 aliphatic heterocycles. The molecule has 0 aromatic carbocycles. The van der Waals surface area contributed by atoms with E-state index in [-0.39, 0.29) is 11.4 Å². The van der Waals surface area contributed by atoms with Crippen LogP contribution in [0.15, 0.2) is 0 Å². The highest BCUT2D eigenvalue weighted by atomic mass is 16.5. The molecule has 2 rings (SSSR count). The molecule has 13 heavy (non-hydrogen) atoms. The van der Waals surface area contributed by atoms with Crippen molar-refractivity contribution >= 4 is 5.91 Å². The van der Waals surface area contributed by atoms with Gasteiger partial charge in [-0.05, 0) is 32.1 Å². The predicted octanol–water partition coefficient (Wildman–Crippen LogP) is 1.08. The fourth-order valence-electron chi connectivity index (χ4n) is 2.46. The normalized spacial score (nSPS) is 36.2. The minimum Gasteiger partial charge on any atom is -0.381 e. The Bertz CT molecular complexity index is 211. The average Bonchev–Trinajstić information content (AvgIpc) is 2.49. The van der Waals surface area contributed by atoms with E-state index in [0.717, 1.165) is 32.5 Å². The molecule has 2 aliphatic rings. The Balaban J connectivity index is 2.01. The Kier molecular flexibility index (Phi) is 2.28. The maximum atomic E-state index is 11.2. The summed E-state index contributed by atoms with van der Waals surface area (Å²) in [4.78, 5) is 11.2. The summed E-state index contributed by atoms with van der Waals surface area (Å²) in [6.45, 7) is 3.89. The first-order valence-electron chi connectivity index (χ1n) is 5.09. The first-order valence-corrected chi connectivity index (χ1v) is 5.09. The summed E-state index contributed by atoms with van der Waals surface area (Å²) in [5, 5.41) is 3.11. The number of hydrogen-bond donors (Lipinski definition) is 1. The van der Waals surface area contributed by atoms with Crippen molar-refractivity contribution in [2.45, 2.75) is 38.1 Å². The summed E-state index contributed by atoms with van der Waals surface area (Å²) < 4.78 is 5.32. The first kappa shape index (κ1) is 9.00. The van der Waals surface area contributed by atoms with Gasteiger partial charge in [0.1, 0.15) is 0 Å². The largest absolute Gasteiger partial charge is 0.381 e. The number of ether oxygens (including phenoxy) is 1. The van der Waals surface area contributed by atoms with Crippen LogP contribution in [0.3, 0.4) is 0 Å². The number of amides is 1. The van der Waals surface area contributed by atoms with Gasteiger partial charge >= 0.3 is 0 Å². The third-order valence-corrected chi connectivity index (χ3v) is 3.42. The van der Waals surface area contributed by atoms with Gasteiger partial charge in [-0.2, -0.15) is 0 Å². The Morgan fingerprint density at radius 1 is 1.46 bits per heavy atom. The van der Waals surface area contributed by atoms with Gasteiger partial charge in [-0.3, -0.25) is 4.79 Å². The van der Waals surface area contributed by atoms with Gasteiger partial charge in [-0.25, -0.2) is 0 Å². The fraction of sp³-hybridized carbons (Fsp3) is 0.900. The molecule has 1 unspecified atom stereocenters. The Morgan fingerprint density at radius 3 is 2.69 bits per heavy atom. The number of carbonyl (C=O) groups excluding carboxylic acids is 1. The van der Waals surface area contributed by atoms with Crippen LogP contribution in [0, 0.1) is 5.92 Å². The molecule has 0 radical (unpaired) electrons. The van der Waals surface area contributed by atoms with E-state index in [4.69, 9.17) is 4.74 Å². The predicted molar refractivity (Wildman–Crippen MR) is 49.3 cm³/mol. The van der Waals surface area contributed by atoms with Gasteiger partial charge in [0.15, 0.2) is 0 Å². The maximum Gasteiger partial charge on any atom is 0.220 e. The van der Waals surface area contributed by atoms with Crippen LogP contribution in [0.1, 0.15) is 32.6 Å². The lowest BCUT2D eigenvalue weighted by atomic mass is 9.79. The van der Waals surface area contributed by atoms with Crippen LogP contribution < -0.4 is 5.32 Å². The molecular weight excluding hydrogens is 166 g/mol. The summed E-state index contributed by atoms with van der Waals surface area (Å²) in [7, 11) is 0. The highest BCUT2D eigenvalue weighted by Crippen LogP contribution is 2.34. The van der Waals surface area contributed by atoms with Crippen LogP contribution >= 0.6 is 0 Å². The monoisotopic (exact) mass is 183 g/mol. The SMILES string of the molecule is CC1(C2CCOCC2)CCC(=O)N1. The topological polar surface area (TPSA) is 38.3 Å². The number of hydrogen-bond acceptors (Lipinski definition) is 2. The van der Waals surface area contributed by atoms with Crippen molar-refractivity contribution in [1.82, 2.24) is 5.32 Å². The van der Waals surface area contributed by atoms with Crippen molar-refractivity contribution in [3.05, 3.63) is 0 Å². The van der Waals surface area contributed by atoms with Crippen molar-refractivity contribution in [2.75, 3.05) is 13.2 Å². The van der Waals surface area contributed by atoms with Gasteiger partial charge < -0.3 is 10.1 Å². The molecule has 1 N–H and O–H groups in total. The lowest BCUT2D eigenvalue weighted by molar-refractivity contribution is -0.120. The second-order valence-electron chi connectivity index (χ2n) is 4.35. The van der Waals surface area contributed by atoms with E-state index >= 15 is 0 Å². The van der Waals surface area contributed by atoms with Crippen LogP contribution in [0.5, 0.6) is 0 Å². The Hall–Kier alpha value is -0.570. The number of nitrogens with one attached hydrogen (secondary N) is 1. The molecule has 3 heteroatoms. The fourth-order valence-corrected chi connectivity index (χ4v) is 2.46. The third kappa shape index (κ3) is 1.70. The van der Waals surface area contributed by atoms with Crippen LogP contribution in [-0.2, 0) is 9.53 Å². The zero-order chi connectivity index (χ0) is 9.31. The van der Waals surface area contributed by atoms with Gasteiger partial charge in [0, 0.05) is 25.2 Å². The zero-order valence-electron chi connectivity index (χ0n) is 8.14. The van der Waals surface area contributed by atoms with Crippen molar-refractivity contribution in [3.8, 4) is 0 Å². The Labute approximate surface area is 78.8 Å². The van der Waals surface area contributed by atoms with E-state index < -0.39 is 0 Å². The van der Waals surface area contributed by atoms with Crippen molar-refractivity contribution in [1.29, 1.82) is 0 Å². The van der Waals surface area contributed by atoms with Crippen molar-refractivity contribution in [3.63, 3.8) is 0 Å². The molecule has 0 saturated carbocycles. The third-order valence-electron chi connectivity index (χ3n) is 3.42. The molecule has 0 aliphatic carbocycles. The molecule has 0 bridgehead atoms. The summed E-state index contributed by atoms with van der Waals surface area (Å²) in [6, 6.07) is 0. The zero-order valence-corrected chi connectivity index (χ0v) is 8.14. The second kappa shape index (κ2) is 3.29. The smallest absolute Gasteiger partial charge is 0.220 e. The molecule has 2 saturated heterocycles. The van der Waals surface area contributed by atoms with E-state index in [2.05, 4.69) is 12.2 Å². The highest BCUT2D eigenvalue weighted by molar-refractivity contribution is 5.79. The van der Waals surface area contributed by atoms with Gasteiger partial charge in [-0.1, -0.05) is 0 Å². The molecule has 0 spiro atoms. The quantitative estimate of drug-likeness (QED) is 0.660. The molecule has 0 aromatic heterocycles. The second-order valence-corrected chi connectivity index (χ2v) is 4.35. The molecule has 2 heterocycles. The van der Waals surface area contributed by atoms with E-state index in [1.807, 2.05) is 0 Å². The van der Waals surface area contributed by atoms with Gasteiger partial charge in [0.05, 0.1) is 0 Å². The van der Waals surface area contributed by atoms with E-state index in [9.17, 15) is 4.79 Å². The molecule has 1 atom stereocenters. The standard InChI is InChI=1S/C10H17NO2/c1-10(5-2-9(12)11-10)8-3-6-13-7-4-8/h8H,2-7H2,1H3,(H,11,12). The summed E-state index contributed by atoms with van der Waals surface area (Å²) in [5.74, 6) is 0.835. The number of rotatable bonds is 1. The molecule has 74 valence electrons. The summed E-state index contributed by atoms with van der Waals surface area (Å²) in [5.41, 5.74) is 0.0564. The Morgan fingerprint density at radius 2 is 2.15 bits per heavy atom. The first-order chi connectivity index (χ1) is 6.21. The summed E-state index contributed by atoms with van der Waals surface area (Å²) in [6.07, 6.45) is 3.89. The van der Waals surface area contributed by atoms with Crippen LogP contribution in [-0.4, -0.2) is 24.7 Å². The molecule has 1 amide bonds. The van der Waals surface area contributed by atoms with E-state index in [0.29, 0.717) is 12.3 Å². The number of carbonyl (C=O) groups is 1. The molecule has 0 aromatic rings. The minimum atomic E-state index is 0.0564. The van der Waals surface area contributed by atoms with Crippen molar-refractivity contribution < 1.29 is 9.53 Å². The maximum absolute atomic E-state index is 11.2. The lowest BCUT2D eigenvalue weighted by Gasteiger charge is -2.36. The van der Waals surface area contributed by atoms with E-state index in [1.54, 1.807) is 0 Å². The van der Waals surface area contributed by atoms with Crippen LogP contribution in [0.2, 0.25) is 0 Å². The van der Waals surface area contributed by atoms with E-state index in [1.165, 1.54) is 0 Å². The highest BCUT2D eigenvalue weighted by Gasteiger charge is 2.40. The molecule has 3 nitrogen and oxygen atoms in total. The van der Waals surface area contributed by atoms with Gasteiger partial charge in [-0.15, -0.1) is 0 Å². The lowest BCUT2D eigenvalue weighted by Crippen LogP contribution is -2.47. The molecular formula is C10H17NO2. The average molecular weight is 183 g/mol. The summed E-state index contributed by atoms with van der Waals surface area (Å²) >= 11 is 0. The van der Waals surface area contributed by atoms with Gasteiger partial charge in [0.25, 0.3) is 0 Å². The van der Waals surface area contributed by atoms with Crippen LogP contribution in [0.25, 0.3) is 0 Å². The van der Waals surface area contributed by atoms with Crippen molar-refractivity contribution in [2.24, 2.45) is 5.92 Å². The van der Waals surface area contributed by atoms with Crippen LogP contribution in [0.4, 0.5) is 0 Å². The molecule has 2 fully saturated rings. The van der Waals surface area contributed by atoms with Gasteiger partial charge in [0.2, 0.25) is 5.91 Å².